The highest BCUT2D eigenvalue weighted by Crippen LogP contribution is 2.25. The number of rotatable bonds is 0. The van der Waals surface area contributed by atoms with Crippen molar-refractivity contribution in [3.05, 3.63) is 0 Å². The first-order valence-corrected chi connectivity index (χ1v) is 5.07. The van der Waals surface area contributed by atoms with E-state index in [-0.39, 0.29) is 11.4 Å². The highest BCUT2D eigenvalue weighted by Gasteiger charge is 2.39. The fourth-order valence-corrected chi connectivity index (χ4v) is 1.84. The van der Waals surface area contributed by atoms with Gasteiger partial charge < -0.3 is 15.7 Å². The molecule has 1 atom stereocenters. The van der Waals surface area contributed by atoms with E-state index in [1.165, 1.54) is 0 Å². The Labute approximate surface area is 95.4 Å². The minimum atomic E-state index is -5.08. The van der Waals surface area contributed by atoms with Crippen LogP contribution in [0.4, 0.5) is 13.2 Å². The summed E-state index contributed by atoms with van der Waals surface area (Å²) in [7, 11) is 0. The highest BCUT2D eigenvalue weighted by atomic mass is 19.4. The quantitative estimate of drug-likeness (QED) is 0.579. The van der Waals surface area contributed by atoms with E-state index in [9.17, 15) is 18.0 Å². The Morgan fingerprint density at radius 3 is 2.24 bits per heavy atom. The van der Waals surface area contributed by atoms with E-state index in [2.05, 4.69) is 10.6 Å². The van der Waals surface area contributed by atoms with Crippen molar-refractivity contribution in [3.63, 3.8) is 0 Å². The minimum absolute atomic E-state index is 0.150. The zero-order valence-corrected chi connectivity index (χ0v) is 8.93. The van der Waals surface area contributed by atoms with Crippen LogP contribution in [0.5, 0.6) is 0 Å². The molecule has 0 bridgehead atoms. The number of nitrogens with one attached hydrogen (secondary N) is 2. The van der Waals surface area contributed by atoms with Crippen molar-refractivity contribution < 1.29 is 27.9 Å². The molecule has 0 aromatic rings. The normalized spacial score (nSPS) is 27.6. The molecule has 17 heavy (non-hydrogen) atoms. The fraction of sp³-hybridized carbons (Fsp3) is 0.778. The second-order valence-electron chi connectivity index (χ2n) is 4.06. The molecule has 0 aromatic carbocycles. The maximum absolute atomic E-state index is 10.9. The number of aliphatic carboxylic acids is 1. The van der Waals surface area contributed by atoms with Gasteiger partial charge >= 0.3 is 12.1 Å². The Morgan fingerprint density at radius 1 is 1.35 bits per heavy atom. The maximum Gasteiger partial charge on any atom is 0.490 e. The van der Waals surface area contributed by atoms with Crippen LogP contribution in [0.15, 0.2) is 0 Å². The first-order chi connectivity index (χ1) is 7.75. The lowest BCUT2D eigenvalue weighted by Crippen LogP contribution is -2.43. The van der Waals surface area contributed by atoms with Gasteiger partial charge in [0.15, 0.2) is 0 Å². The average molecular weight is 254 g/mol. The topological polar surface area (TPSA) is 78.4 Å². The molecular formula is C9H13F3N2O3. The largest absolute Gasteiger partial charge is 0.490 e. The monoisotopic (exact) mass is 254 g/mol. The van der Waals surface area contributed by atoms with Gasteiger partial charge in [-0.05, 0) is 19.4 Å². The summed E-state index contributed by atoms with van der Waals surface area (Å²) >= 11 is 0. The molecule has 1 spiro atoms. The number of hydrogen-bond acceptors (Lipinski definition) is 3. The lowest BCUT2D eigenvalue weighted by molar-refractivity contribution is -0.192. The Morgan fingerprint density at radius 2 is 1.94 bits per heavy atom. The third kappa shape index (κ3) is 3.88. The van der Waals surface area contributed by atoms with Crippen LogP contribution in [0, 0.1) is 0 Å². The summed E-state index contributed by atoms with van der Waals surface area (Å²) in [6.45, 7) is 2.03. The maximum atomic E-state index is 10.9. The van der Waals surface area contributed by atoms with E-state index in [0.29, 0.717) is 0 Å². The molecule has 8 heteroatoms. The molecular weight excluding hydrogens is 241 g/mol. The van der Waals surface area contributed by atoms with Crippen LogP contribution < -0.4 is 10.6 Å². The predicted octanol–water partition coefficient (Wildman–Crippen LogP) is 0.262. The first-order valence-electron chi connectivity index (χ1n) is 5.07. The standard InChI is InChI=1S/C7H12N2O.C2HF3O2/c10-6-1-2-7(9-6)3-4-8-5-7;3-2(4,5)1(6)7/h8H,1-5H2,(H,9,10);(H,6,7)/t7-;/m0./s1. The molecule has 0 aliphatic carbocycles. The molecule has 0 radical (unpaired) electrons. The second kappa shape index (κ2) is 4.91. The van der Waals surface area contributed by atoms with Crippen LogP contribution in [0.1, 0.15) is 19.3 Å². The van der Waals surface area contributed by atoms with Crippen LogP contribution >= 0.6 is 0 Å². The molecule has 5 nitrogen and oxygen atoms in total. The van der Waals surface area contributed by atoms with Crippen LogP contribution in [0.3, 0.4) is 0 Å². The lowest BCUT2D eigenvalue weighted by Gasteiger charge is -2.20. The number of amides is 1. The Bertz CT molecular complexity index is 311. The van der Waals surface area contributed by atoms with Crippen molar-refractivity contribution in [2.75, 3.05) is 13.1 Å². The number of hydrogen-bond donors (Lipinski definition) is 3. The molecule has 1 amide bonds. The van der Waals surface area contributed by atoms with Gasteiger partial charge in [0, 0.05) is 13.0 Å². The van der Waals surface area contributed by atoms with Crippen LogP contribution in [-0.2, 0) is 9.59 Å². The van der Waals surface area contributed by atoms with E-state index in [1.54, 1.807) is 0 Å². The number of alkyl halides is 3. The van der Waals surface area contributed by atoms with Crippen molar-refractivity contribution in [2.24, 2.45) is 0 Å². The predicted molar refractivity (Wildman–Crippen MR) is 51.3 cm³/mol. The summed E-state index contributed by atoms with van der Waals surface area (Å²) < 4.78 is 31.7. The third-order valence-corrected chi connectivity index (χ3v) is 2.72. The Balaban J connectivity index is 0.000000185. The van der Waals surface area contributed by atoms with Crippen LogP contribution in [0.25, 0.3) is 0 Å². The van der Waals surface area contributed by atoms with Crippen molar-refractivity contribution in [1.29, 1.82) is 0 Å². The zero-order valence-electron chi connectivity index (χ0n) is 8.93. The van der Waals surface area contributed by atoms with Gasteiger partial charge in [0.25, 0.3) is 0 Å². The summed E-state index contributed by atoms with van der Waals surface area (Å²) in [4.78, 5) is 19.8. The molecule has 0 aromatic heterocycles. The number of carboxylic acids is 1. The second-order valence-corrected chi connectivity index (χ2v) is 4.06. The molecule has 3 N–H and O–H groups in total. The number of halogens is 3. The van der Waals surface area contributed by atoms with E-state index in [0.717, 1.165) is 32.4 Å². The average Bonchev–Trinajstić information content (AvgIpc) is 2.77. The fourth-order valence-electron chi connectivity index (χ4n) is 1.84. The molecule has 2 fully saturated rings. The van der Waals surface area contributed by atoms with Crippen molar-refractivity contribution in [3.8, 4) is 0 Å². The van der Waals surface area contributed by atoms with Gasteiger partial charge in [0.2, 0.25) is 5.91 Å². The SMILES string of the molecule is O=C(O)C(F)(F)F.O=C1CC[C@@]2(CCNC2)N1. The van der Waals surface area contributed by atoms with Gasteiger partial charge in [-0.1, -0.05) is 0 Å². The van der Waals surface area contributed by atoms with Gasteiger partial charge in [-0.15, -0.1) is 0 Å². The highest BCUT2D eigenvalue weighted by molar-refractivity contribution is 5.79. The third-order valence-electron chi connectivity index (χ3n) is 2.72. The van der Waals surface area contributed by atoms with E-state index >= 15 is 0 Å². The minimum Gasteiger partial charge on any atom is -0.475 e. The van der Waals surface area contributed by atoms with Crippen LogP contribution in [0.2, 0.25) is 0 Å². The molecule has 2 saturated heterocycles. The summed E-state index contributed by atoms with van der Waals surface area (Å²) in [6, 6.07) is 0. The smallest absolute Gasteiger partial charge is 0.475 e. The molecule has 2 aliphatic rings. The van der Waals surface area contributed by atoms with Crippen molar-refractivity contribution in [2.45, 2.75) is 31.0 Å². The molecule has 2 heterocycles. The molecule has 0 saturated carbocycles. The number of carbonyl (C=O) groups excluding carboxylic acids is 1. The van der Waals surface area contributed by atoms with Gasteiger partial charge in [-0.25, -0.2) is 4.79 Å². The molecule has 2 rings (SSSR count). The van der Waals surface area contributed by atoms with Gasteiger partial charge in [-0.2, -0.15) is 13.2 Å². The van der Waals surface area contributed by atoms with Gasteiger partial charge in [0.05, 0.1) is 5.54 Å². The van der Waals surface area contributed by atoms with Gasteiger partial charge in [0.1, 0.15) is 0 Å². The van der Waals surface area contributed by atoms with Crippen LogP contribution in [-0.4, -0.2) is 41.8 Å². The lowest BCUT2D eigenvalue weighted by atomic mass is 9.97. The van der Waals surface area contributed by atoms with E-state index in [4.69, 9.17) is 9.90 Å². The summed E-state index contributed by atoms with van der Waals surface area (Å²) in [5.74, 6) is -2.53. The van der Waals surface area contributed by atoms with E-state index in [1.807, 2.05) is 0 Å². The molecule has 0 unspecified atom stereocenters. The van der Waals surface area contributed by atoms with Crippen molar-refractivity contribution in [1.82, 2.24) is 10.6 Å². The number of carboxylic acid groups (broad SMARTS) is 1. The Kier molecular flexibility index (Phi) is 3.97. The van der Waals surface area contributed by atoms with E-state index < -0.39 is 12.1 Å². The molecule has 2 aliphatic heterocycles. The summed E-state index contributed by atoms with van der Waals surface area (Å²) in [5.41, 5.74) is 0.150. The first kappa shape index (κ1) is 13.8. The number of carbonyl (C=O) groups is 2. The Hall–Kier alpha value is -1.31. The summed E-state index contributed by atoms with van der Waals surface area (Å²) in [5, 5.41) is 13.4. The molecule has 98 valence electrons. The zero-order chi connectivity index (χ0) is 13.1. The van der Waals surface area contributed by atoms with Gasteiger partial charge in [-0.3, -0.25) is 4.79 Å². The van der Waals surface area contributed by atoms with Crippen molar-refractivity contribution >= 4 is 11.9 Å². The summed E-state index contributed by atoms with van der Waals surface area (Å²) in [6.07, 6.45) is -2.22.